The molecule has 2 N–H and O–H groups in total. The highest BCUT2D eigenvalue weighted by Gasteiger charge is 2.28. The fourth-order valence-electron chi connectivity index (χ4n) is 1.58. The molecular weight excluding hydrogens is 268 g/mol. The van der Waals surface area contributed by atoms with Gasteiger partial charge in [-0.3, -0.25) is 0 Å². The number of aliphatic hydroxyl groups is 1. The van der Waals surface area contributed by atoms with E-state index in [1.807, 2.05) is 0 Å². The number of amides is 1. The number of benzene rings is 1. The normalized spacial score (nSPS) is 14.6. The van der Waals surface area contributed by atoms with Crippen LogP contribution in [0.5, 0.6) is 0 Å². The summed E-state index contributed by atoms with van der Waals surface area (Å²) in [7, 11) is 0. The summed E-state index contributed by atoms with van der Waals surface area (Å²) >= 11 is 0. The van der Waals surface area contributed by atoms with Gasteiger partial charge in [0.1, 0.15) is 22.8 Å². The van der Waals surface area contributed by atoms with E-state index in [0.717, 1.165) is 12.1 Å². The summed E-state index contributed by atoms with van der Waals surface area (Å²) in [6.07, 6.45) is -0.722. The van der Waals surface area contributed by atoms with E-state index in [2.05, 4.69) is 5.32 Å². The highest BCUT2D eigenvalue weighted by molar-refractivity contribution is 5.67. The second-order valence-corrected chi connectivity index (χ2v) is 5.75. The Morgan fingerprint density at radius 1 is 1.30 bits per heavy atom. The maximum absolute atomic E-state index is 13.6. The molecule has 0 saturated carbocycles. The Hall–Kier alpha value is -1.69. The van der Waals surface area contributed by atoms with E-state index in [4.69, 9.17) is 4.74 Å². The van der Waals surface area contributed by atoms with Gasteiger partial charge in [0, 0.05) is 11.6 Å². The van der Waals surface area contributed by atoms with Crippen LogP contribution in [0.3, 0.4) is 0 Å². The van der Waals surface area contributed by atoms with Gasteiger partial charge in [-0.25, -0.2) is 13.6 Å². The molecule has 0 spiro atoms. The van der Waals surface area contributed by atoms with E-state index < -0.39 is 28.9 Å². The Kier molecular flexibility index (Phi) is 4.70. The second-order valence-electron chi connectivity index (χ2n) is 5.75. The molecule has 0 radical (unpaired) electrons. The zero-order chi connectivity index (χ0) is 15.6. The molecule has 1 unspecified atom stereocenters. The minimum Gasteiger partial charge on any atom is -0.444 e. The minimum atomic E-state index is -1.67. The van der Waals surface area contributed by atoms with Crippen molar-refractivity contribution in [2.75, 3.05) is 6.54 Å². The van der Waals surface area contributed by atoms with Crippen LogP contribution in [0, 0.1) is 11.6 Å². The number of carbonyl (C=O) groups excluding carboxylic acids is 1. The predicted octanol–water partition coefficient (Wildman–Crippen LogP) is 2.70. The fourth-order valence-corrected chi connectivity index (χ4v) is 1.58. The molecule has 0 aliphatic carbocycles. The summed E-state index contributed by atoms with van der Waals surface area (Å²) < 4.78 is 31.4. The Morgan fingerprint density at radius 2 is 1.90 bits per heavy atom. The van der Waals surface area contributed by atoms with E-state index in [-0.39, 0.29) is 12.1 Å². The Labute approximate surface area is 116 Å². The van der Waals surface area contributed by atoms with Crippen LogP contribution in [0.1, 0.15) is 33.3 Å². The number of halogens is 2. The van der Waals surface area contributed by atoms with Crippen molar-refractivity contribution in [3.8, 4) is 0 Å². The smallest absolute Gasteiger partial charge is 0.407 e. The van der Waals surface area contributed by atoms with Gasteiger partial charge >= 0.3 is 6.09 Å². The summed E-state index contributed by atoms with van der Waals surface area (Å²) in [6.45, 7) is 6.16. The highest BCUT2D eigenvalue weighted by Crippen LogP contribution is 2.23. The van der Waals surface area contributed by atoms with Gasteiger partial charge in [-0.2, -0.15) is 0 Å². The van der Waals surface area contributed by atoms with Crippen molar-refractivity contribution in [2.24, 2.45) is 0 Å². The van der Waals surface area contributed by atoms with E-state index >= 15 is 0 Å². The number of carbonyl (C=O) groups is 1. The molecular formula is C14H19F2NO3. The first-order valence-corrected chi connectivity index (χ1v) is 6.16. The molecule has 0 heterocycles. The zero-order valence-electron chi connectivity index (χ0n) is 12.0. The first-order chi connectivity index (χ1) is 9.01. The molecule has 0 aliphatic rings. The first-order valence-electron chi connectivity index (χ1n) is 6.16. The van der Waals surface area contributed by atoms with Gasteiger partial charge < -0.3 is 15.2 Å². The minimum absolute atomic E-state index is 0.102. The van der Waals surface area contributed by atoms with Crippen LogP contribution >= 0.6 is 0 Å². The topological polar surface area (TPSA) is 58.6 Å². The van der Waals surface area contributed by atoms with E-state index in [9.17, 15) is 18.7 Å². The van der Waals surface area contributed by atoms with Gasteiger partial charge in [0.15, 0.2) is 0 Å². The molecule has 112 valence electrons. The molecule has 1 atom stereocenters. The van der Waals surface area contributed by atoms with Crippen molar-refractivity contribution in [1.82, 2.24) is 5.32 Å². The molecule has 20 heavy (non-hydrogen) atoms. The zero-order valence-corrected chi connectivity index (χ0v) is 12.0. The lowest BCUT2D eigenvalue weighted by molar-refractivity contribution is 0.0300. The van der Waals surface area contributed by atoms with Crippen LogP contribution in [0.15, 0.2) is 18.2 Å². The summed E-state index contributed by atoms with van der Waals surface area (Å²) in [4.78, 5) is 11.5. The summed E-state index contributed by atoms with van der Waals surface area (Å²) in [5.41, 5.74) is -2.44. The van der Waals surface area contributed by atoms with Gasteiger partial charge in [-0.05, 0) is 33.8 Å². The monoisotopic (exact) mass is 287 g/mol. The molecule has 4 nitrogen and oxygen atoms in total. The van der Waals surface area contributed by atoms with Gasteiger partial charge in [-0.1, -0.05) is 6.07 Å². The van der Waals surface area contributed by atoms with Crippen molar-refractivity contribution < 1.29 is 23.4 Å². The molecule has 0 fully saturated rings. The average molecular weight is 287 g/mol. The molecule has 1 rings (SSSR count). The van der Waals surface area contributed by atoms with Crippen LogP contribution in [0.2, 0.25) is 0 Å². The summed E-state index contributed by atoms with van der Waals surface area (Å²) in [5.74, 6) is -1.61. The molecule has 0 aliphatic heterocycles. The van der Waals surface area contributed by atoms with Crippen molar-refractivity contribution >= 4 is 6.09 Å². The molecule has 0 aromatic heterocycles. The molecule has 1 amide bonds. The van der Waals surface area contributed by atoms with Crippen LogP contribution < -0.4 is 5.32 Å². The molecule has 6 heteroatoms. The number of alkyl carbamates (subject to hydrolysis) is 1. The van der Waals surface area contributed by atoms with Gasteiger partial charge in [0.25, 0.3) is 0 Å². The lowest BCUT2D eigenvalue weighted by Gasteiger charge is -2.26. The van der Waals surface area contributed by atoms with E-state index in [0.29, 0.717) is 6.07 Å². The van der Waals surface area contributed by atoms with Crippen molar-refractivity contribution in [2.45, 2.75) is 38.9 Å². The van der Waals surface area contributed by atoms with Crippen LogP contribution in [-0.4, -0.2) is 23.3 Å². The summed E-state index contributed by atoms with van der Waals surface area (Å²) in [5, 5.41) is 12.5. The first kappa shape index (κ1) is 16.4. The van der Waals surface area contributed by atoms with Crippen molar-refractivity contribution in [1.29, 1.82) is 0 Å². The molecule has 1 aromatic rings. The third-order valence-electron chi connectivity index (χ3n) is 2.49. The highest BCUT2D eigenvalue weighted by atomic mass is 19.1. The van der Waals surface area contributed by atoms with Crippen molar-refractivity contribution in [3.63, 3.8) is 0 Å². The lowest BCUT2D eigenvalue weighted by Crippen LogP contribution is -2.41. The number of hydrogen-bond acceptors (Lipinski definition) is 3. The maximum Gasteiger partial charge on any atom is 0.407 e. The lowest BCUT2D eigenvalue weighted by atomic mass is 9.95. The standard InChI is InChI=1S/C14H19F2NO3/c1-13(2,3)20-12(18)17-8-14(4,19)10-6-5-9(15)7-11(10)16/h5-7,19H,8H2,1-4H3,(H,17,18). The summed E-state index contributed by atoms with van der Waals surface area (Å²) in [6, 6.07) is 2.86. The maximum atomic E-state index is 13.6. The molecule has 1 aromatic carbocycles. The predicted molar refractivity (Wildman–Crippen MR) is 70.2 cm³/mol. The van der Waals surface area contributed by atoms with Crippen LogP contribution in [0.4, 0.5) is 13.6 Å². The third-order valence-corrected chi connectivity index (χ3v) is 2.49. The van der Waals surface area contributed by atoms with E-state index in [1.54, 1.807) is 20.8 Å². The quantitative estimate of drug-likeness (QED) is 0.898. The van der Waals surface area contributed by atoms with Crippen LogP contribution in [-0.2, 0) is 10.3 Å². The second kappa shape index (κ2) is 5.75. The average Bonchev–Trinajstić information content (AvgIpc) is 2.23. The number of nitrogens with one attached hydrogen (secondary N) is 1. The fraction of sp³-hybridized carbons (Fsp3) is 0.500. The number of rotatable bonds is 3. The Balaban J connectivity index is 2.72. The Bertz CT molecular complexity index is 496. The number of hydrogen-bond donors (Lipinski definition) is 2. The van der Waals surface area contributed by atoms with Gasteiger partial charge in [-0.15, -0.1) is 0 Å². The largest absolute Gasteiger partial charge is 0.444 e. The third kappa shape index (κ3) is 4.77. The Morgan fingerprint density at radius 3 is 2.40 bits per heavy atom. The van der Waals surface area contributed by atoms with Crippen molar-refractivity contribution in [3.05, 3.63) is 35.4 Å². The SMILES string of the molecule is CC(C)(C)OC(=O)NCC(C)(O)c1ccc(F)cc1F. The molecule has 0 bridgehead atoms. The molecule has 0 saturated heterocycles. The van der Waals surface area contributed by atoms with E-state index in [1.165, 1.54) is 6.92 Å². The van der Waals surface area contributed by atoms with Crippen LogP contribution in [0.25, 0.3) is 0 Å². The van der Waals surface area contributed by atoms with Gasteiger partial charge in [0.2, 0.25) is 0 Å². The number of ether oxygens (including phenoxy) is 1. The van der Waals surface area contributed by atoms with Gasteiger partial charge in [0.05, 0.1) is 6.54 Å².